The molecule has 0 aromatic carbocycles. The van der Waals surface area contributed by atoms with Gasteiger partial charge in [0.05, 0.1) is 12.7 Å². The molecule has 0 aliphatic heterocycles. The molecule has 0 fully saturated rings. The van der Waals surface area contributed by atoms with Crippen molar-refractivity contribution < 1.29 is 43.0 Å². The van der Waals surface area contributed by atoms with Gasteiger partial charge in [-0.25, -0.2) is 4.57 Å². The molecule has 0 aromatic heterocycles. The highest BCUT2D eigenvalue weighted by Crippen LogP contribution is 2.35. The molecule has 0 aliphatic rings. The number of unbranched alkanes of at least 4 members (excludes halogenated alkanes) is 5. The molecule has 0 heterocycles. The van der Waals surface area contributed by atoms with Gasteiger partial charge in [0, 0.05) is 12.8 Å². The van der Waals surface area contributed by atoms with Crippen molar-refractivity contribution in [3.63, 3.8) is 0 Å². The Morgan fingerprint density at radius 3 is 2.20 bits per heavy atom. The van der Waals surface area contributed by atoms with E-state index in [9.17, 15) is 19.3 Å². The minimum Gasteiger partial charge on any atom is -0.462 e. The predicted octanol–water partition coefficient (Wildman–Crippen LogP) is 6.80. The van der Waals surface area contributed by atoms with E-state index >= 15 is 0 Å². The zero-order valence-electron chi connectivity index (χ0n) is 24.8. The third-order valence-electron chi connectivity index (χ3n) is 5.63. The molecule has 0 amide bonds. The maximum absolute atomic E-state index is 12.1. The van der Waals surface area contributed by atoms with Crippen LogP contribution in [-0.2, 0) is 28.2 Å². The van der Waals surface area contributed by atoms with Crippen molar-refractivity contribution in [2.24, 2.45) is 0 Å². The summed E-state index contributed by atoms with van der Waals surface area (Å²) in [6.45, 7) is 3.28. The summed E-state index contributed by atoms with van der Waals surface area (Å²) in [5.74, 6) is -1.02. The Labute approximate surface area is 246 Å². The fourth-order valence-corrected chi connectivity index (χ4v) is 3.79. The molecule has 0 aromatic rings. The van der Waals surface area contributed by atoms with Gasteiger partial charge in [-0.05, 0) is 44.9 Å². The van der Waals surface area contributed by atoms with E-state index in [1.165, 1.54) is 0 Å². The molecule has 0 bridgehead atoms. The van der Waals surface area contributed by atoms with Crippen LogP contribution in [0.1, 0.15) is 97.3 Å². The summed E-state index contributed by atoms with van der Waals surface area (Å²) in [6.07, 6.45) is 27.5. The molecule has 0 rings (SSSR count). The second kappa shape index (κ2) is 26.6. The van der Waals surface area contributed by atoms with Crippen molar-refractivity contribution in [2.75, 3.05) is 13.2 Å². The van der Waals surface area contributed by atoms with Gasteiger partial charge in [-0.3, -0.25) is 14.1 Å². The molecule has 41 heavy (non-hydrogen) atoms. The van der Waals surface area contributed by atoms with Crippen LogP contribution in [0.3, 0.4) is 0 Å². The number of aliphatic hydroxyl groups is 1. The molecular weight excluding hydrogens is 547 g/mol. The maximum atomic E-state index is 12.1. The first kappa shape index (κ1) is 38.7. The van der Waals surface area contributed by atoms with Crippen LogP contribution < -0.4 is 0 Å². The molecule has 9 nitrogen and oxygen atoms in total. The zero-order valence-corrected chi connectivity index (χ0v) is 25.7. The first-order valence-corrected chi connectivity index (χ1v) is 16.2. The lowest BCUT2D eigenvalue weighted by Crippen LogP contribution is -2.29. The standard InChI is InChI=1S/C31H51O9P/c1-3-5-7-9-15-18-22-28(32)23-19-16-12-10-11-13-17-20-24-30(33)38-26-29(27-39-41(35,36)37)40-31(34)25-21-14-8-6-4-2/h5,7,11-13,15-16,18-19,23,28-29,32H,3-4,6,8-10,14,17,20-22,24-27H2,1-2H3,(H2,35,36,37)/b7-5-,13-11-,16-12-,18-15-,23-19+/t28?,29-/m1/s1. The third-order valence-corrected chi connectivity index (χ3v) is 6.12. The van der Waals surface area contributed by atoms with Crippen molar-refractivity contribution in [3.8, 4) is 0 Å². The van der Waals surface area contributed by atoms with Gasteiger partial charge in [0.2, 0.25) is 0 Å². The van der Waals surface area contributed by atoms with Gasteiger partial charge in [0.25, 0.3) is 0 Å². The highest BCUT2D eigenvalue weighted by molar-refractivity contribution is 7.46. The van der Waals surface area contributed by atoms with Gasteiger partial charge in [-0.2, -0.15) is 0 Å². The van der Waals surface area contributed by atoms with E-state index in [4.69, 9.17) is 19.3 Å². The monoisotopic (exact) mass is 598 g/mol. The maximum Gasteiger partial charge on any atom is 0.469 e. The number of hydrogen-bond acceptors (Lipinski definition) is 7. The topological polar surface area (TPSA) is 140 Å². The molecule has 0 saturated heterocycles. The smallest absolute Gasteiger partial charge is 0.462 e. The normalized spacial score (nSPS) is 14.2. The summed E-state index contributed by atoms with van der Waals surface area (Å²) in [7, 11) is -4.76. The number of phosphoric ester groups is 1. The largest absolute Gasteiger partial charge is 0.469 e. The third kappa shape index (κ3) is 29.0. The number of carbonyl (C=O) groups is 2. The summed E-state index contributed by atoms with van der Waals surface area (Å²) in [6, 6.07) is 0. The van der Waals surface area contributed by atoms with Gasteiger partial charge in [0.1, 0.15) is 6.61 Å². The average molecular weight is 599 g/mol. The Morgan fingerprint density at radius 2 is 1.46 bits per heavy atom. The van der Waals surface area contributed by atoms with E-state index in [1.807, 2.05) is 42.5 Å². The van der Waals surface area contributed by atoms with Crippen LogP contribution in [0, 0.1) is 0 Å². The number of esters is 2. The Kier molecular flexibility index (Phi) is 25.1. The molecule has 0 aliphatic carbocycles. The van der Waals surface area contributed by atoms with Gasteiger partial charge in [-0.1, -0.05) is 100 Å². The zero-order chi connectivity index (χ0) is 30.6. The summed E-state index contributed by atoms with van der Waals surface area (Å²) in [4.78, 5) is 42.0. The van der Waals surface area contributed by atoms with Crippen molar-refractivity contribution >= 4 is 19.8 Å². The minimum absolute atomic E-state index is 0.154. The highest BCUT2D eigenvalue weighted by atomic mass is 31.2. The van der Waals surface area contributed by atoms with Crippen LogP contribution in [0.25, 0.3) is 0 Å². The molecule has 3 N–H and O–H groups in total. The molecular formula is C31H51O9P. The fourth-order valence-electron chi connectivity index (χ4n) is 3.43. The van der Waals surface area contributed by atoms with E-state index in [0.29, 0.717) is 25.7 Å². The summed E-state index contributed by atoms with van der Waals surface area (Å²) in [5, 5.41) is 9.92. The van der Waals surface area contributed by atoms with Gasteiger partial charge < -0.3 is 24.4 Å². The first-order valence-electron chi connectivity index (χ1n) is 14.7. The van der Waals surface area contributed by atoms with Crippen molar-refractivity contribution in [2.45, 2.75) is 110 Å². The molecule has 10 heteroatoms. The first-order chi connectivity index (χ1) is 19.7. The Balaban J connectivity index is 4.20. The van der Waals surface area contributed by atoms with Gasteiger partial charge >= 0.3 is 19.8 Å². The number of aliphatic hydroxyl groups excluding tert-OH is 1. The van der Waals surface area contributed by atoms with Crippen LogP contribution in [0.2, 0.25) is 0 Å². The highest BCUT2D eigenvalue weighted by Gasteiger charge is 2.22. The second-order valence-corrected chi connectivity index (χ2v) is 10.8. The van der Waals surface area contributed by atoms with Crippen LogP contribution in [0.4, 0.5) is 0 Å². The lowest BCUT2D eigenvalue weighted by molar-refractivity contribution is -0.161. The van der Waals surface area contributed by atoms with E-state index in [2.05, 4.69) is 30.5 Å². The van der Waals surface area contributed by atoms with Crippen molar-refractivity contribution in [3.05, 3.63) is 60.8 Å². The summed E-state index contributed by atoms with van der Waals surface area (Å²) < 4.78 is 25.8. The van der Waals surface area contributed by atoms with Crippen LogP contribution >= 0.6 is 7.82 Å². The number of phosphoric acid groups is 1. The van der Waals surface area contributed by atoms with Crippen molar-refractivity contribution in [1.82, 2.24) is 0 Å². The van der Waals surface area contributed by atoms with Gasteiger partial charge in [-0.15, -0.1) is 0 Å². The number of ether oxygens (including phenoxy) is 2. The molecule has 234 valence electrons. The SMILES string of the molecule is CC/C=C\C/C=C\CC(O)/C=C/C=C\C/C=C\CCCC(=O)OC[C@H](COP(=O)(O)O)OC(=O)CCCCCCC. The van der Waals surface area contributed by atoms with E-state index in [0.717, 1.165) is 44.9 Å². The van der Waals surface area contributed by atoms with E-state index < -0.39 is 38.6 Å². The fraction of sp³-hybridized carbons (Fsp3) is 0.613. The number of hydrogen-bond donors (Lipinski definition) is 3. The molecule has 0 radical (unpaired) electrons. The second-order valence-electron chi connectivity index (χ2n) is 9.55. The Bertz CT molecular complexity index is 871. The summed E-state index contributed by atoms with van der Waals surface area (Å²) in [5.41, 5.74) is 0. The number of carbonyl (C=O) groups excluding carboxylic acids is 2. The van der Waals surface area contributed by atoms with Crippen LogP contribution in [0.15, 0.2) is 60.8 Å². The molecule has 0 saturated carbocycles. The Hall–Kier alpha value is -2.29. The lowest BCUT2D eigenvalue weighted by Gasteiger charge is -2.18. The Morgan fingerprint density at radius 1 is 0.780 bits per heavy atom. The molecule has 0 spiro atoms. The quantitative estimate of drug-likeness (QED) is 0.0340. The van der Waals surface area contributed by atoms with E-state index in [1.54, 1.807) is 6.08 Å². The predicted molar refractivity (Wildman–Crippen MR) is 162 cm³/mol. The van der Waals surface area contributed by atoms with Crippen LogP contribution in [-0.4, -0.2) is 52.3 Å². The number of rotatable bonds is 25. The van der Waals surface area contributed by atoms with E-state index in [-0.39, 0.29) is 19.4 Å². The summed E-state index contributed by atoms with van der Waals surface area (Å²) >= 11 is 0. The molecule has 2 atom stereocenters. The molecule has 1 unspecified atom stereocenters. The minimum atomic E-state index is -4.76. The van der Waals surface area contributed by atoms with Gasteiger partial charge in [0.15, 0.2) is 6.10 Å². The number of allylic oxidation sites excluding steroid dienone is 8. The van der Waals surface area contributed by atoms with Crippen LogP contribution in [0.5, 0.6) is 0 Å². The lowest BCUT2D eigenvalue weighted by atomic mass is 10.1. The van der Waals surface area contributed by atoms with Crippen molar-refractivity contribution in [1.29, 1.82) is 0 Å². The average Bonchev–Trinajstić information content (AvgIpc) is 2.92.